The van der Waals surface area contributed by atoms with Crippen LogP contribution < -0.4 is 0 Å². The highest BCUT2D eigenvalue weighted by atomic mass is 32.2. The lowest BCUT2D eigenvalue weighted by molar-refractivity contribution is -0.139. The molecule has 7 heteroatoms. The van der Waals surface area contributed by atoms with Crippen LogP contribution in [0.5, 0.6) is 0 Å². The summed E-state index contributed by atoms with van der Waals surface area (Å²) in [5, 5.41) is 0.547. The number of benzene rings is 1. The first-order chi connectivity index (χ1) is 11.5. The molecular formula is C17H17FN2O3S. The molecular weight excluding hydrogens is 331 g/mol. The number of rotatable bonds is 3. The minimum Gasteiger partial charge on any atom is -0.463 e. The van der Waals surface area contributed by atoms with E-state index in [1.54, 1.807) is 26.0 Å². The minimum absolute atomic E-state index is 0.129. The molecule has 24 heavy (non-hydrogen) atoms. The number of allylic oxidation sites excluding steroid dienone is 1. The van der Waals surface area contributed by atoms with Crippen LogP contribution in [0.25, 0.3) is 0 Å². The van der Waals surface area contributed by atoms with Crippen molar-refractivity contribution in [1.82, 2.24) is 4.90 Å². The zero-order valence-corrected chi connectivity index (χ0v) is 14.2. The van der Waals surface area contributed by atoms with Crippen molar-refractivity contribution in [3.63, 3.8) is 0 Å². The zero-order chi connectivity index (χ0) is 17.3. The van der Waals surface area contributed by atoms with Gasteiger partial charge in [-0.1, -0.05) is 23.9 Å². The fraction of sp³-hybridized carbons (Fsp3) is 0.353. The lowest BCUT2D eigenvalue weighted by atomic mass is 9.94. The van der Waals surface area contributed by atoms with Crippen LogP contribution in [0.15, 0.2) is 40.5 Å². The molecule has 0 aromatic heterocycles. The van der Waals surface area contributed by atoms with Crippen molar-refractivity contribution >= 4 is 28.8 Å². The average molecular weight is 348 g/mol. The Labute approximate surface area is 143 Å². The molecule has 1 saturated heterocycles. The molecule has 1 aromatic rings. The lowest BCUT2D eigenvalue weighted by Crippen LogP contribution is -2.45. The van der Waals surface area contributed by atoms with E-state index in [2.05, 4.69) is 4.99 Å². The summed E-state index contributed by atoms with van der Waals surface area (Å²) < 4.78 is 18.9. The summed E-state index contributed by atoms with van der Waals surface area (Å²) in [6, 6.07) is 5.22. The third kappa shape index (κ3) is 2.96. The Hall–Kier alpha value is -2.15. The van der Waals surface area contributed by atoms with Crippen LogP contribution >= 0.6 is 11.8 Å². The predicted octanol–water partition coefficient (Wildman–Crippen LogP) is 3.04. The van der Waals surface area contributed by atoms with E-state index in [9.17, 15) is 14.0 Å². The van der Waals surface area contributed by atoms with Crippen LogP contribution in [0.2, 0.25) is 0 Å². The largest absolute Gasteiger partial charge is 0.463 e. The van der Waals surface area contributed by atoms with Crippen molar-refractivity contribution in [2.24, 2.45) is 4.99 Å². The Bertz CT molecular complexity index is 760. The molecule has 0 aliphatic carbocycles. The van der Waals surface area contributed by atoms with Gasteiger partial charge in [0.25, 0.3) is 0 Å². The maximum absolute atomic E-state index is 13.7. The molecule has 5 nitrogen and oxygen atoms in total. The van der Waals surface area contributed by atoms with E-state index >= 15 is 0 Å². The van der Waals surface area contributed by atoms with Crippen molar-refractivity contribution in [2.75, 3.05) is 12.4 Å². The first-order valence-corrected chi connectivity index (χ1v) is 8.68. The number of nitrogens with zero attached hydrogens (tertiary/aromatic N) is 2. The van der Waals surface area contributed by atoms with Gasteiger partial charge in [0.15, 0.2) is 5.17 Å². The van der Waals surface area contributed by atoms with E-state index in [0.29, 0.717) is 28.6 Å². The summed E-state index contributed by atoms with van der Waals surface area (Å²) >= 11 is 1.46. The maximum Gasteiger partial charge on any atom is 0.338 e. The van der Waals surface area contributed by atoms with Crippen molar-refractivity contribution in [3.8, 4) is 0 Å². The van der Waals surface area contributed by atoms with Crippen LogP contribution in [-0.4, -0.2) is 34.3 Å². The molecule has 1 aromatic carbocycles. The van der Waals surface area contributed by atoms with Gasteiger partial charge in [0.05, 0.1) is 23.9 Å². The molecule has 126 valence electrons. The highest BCUT2D eigenvalue weighted by Crippen LogP contribution is 2.40. The number of halogens is 1. The Morgan fingerprint density at radius 3 is 3.00 bits per heavy atom. The van der Waals surface area contributed by atoms with Crippen molar-refractivity contribution in [2.45, 2.75) is 26.3 Å². The van der Waals surface area contributed by atoms with Gasteiger partial charge in [0.2, 0.25) is 5.91 Å². The molecule has 2 aliphatic heterocycles. The number of fused-ring (bicyclic) bond motifs is 1. The molecule has 0 bridgehead atoms. The van der Waals surface area contributed by atoms with E-state index in [1.165, 1.54) is 28.8 Å². The first-order valence-electron chi connectivity index (χ1n) is 7.69. The van der Waals surface area contributed by atoms with Gasteiger partial charge in [0, 0.05) is 12.2 Å². The Morgan fingerprint density at radius 2 is 2.29 bits per heavy atom. The van der Waals surface area contributed by atoms with Gasteiger partial charge < -0.3 is 4.74 Å². The number of ether oxygens (including phenoxy) is 1. The second-order valence-electron chi connectivity index (χ2n) is 5.43. The molecule has 1 amide bonds. The summed E-state index contributed by atoms with van der Waals surface area (Å²) in [5.74, 6) is -0.437. The smallest absolute Gasteiger partial charge is 0.338 e. The molecule has 0 spiro atoms. The minimum atomic E-state index is -0.715. The molecule has 1 fully saturated rings. The van der Waals surface area contributed by atoms with Crippen molar-refractivity contribution in [1.29, 1.82) is 0 Å². The number of hydrogen-bond donors (Lipinski definition) is 0. The monoisotopic (exact) mass is 348 g/mol. The number of aliphatic imine (C=N–C) groups is 1. The summed E-state index contributed by atoms with van der Waals surface area (Å²) in [5.41, 5.74) is 1.30. The van der Waals surface area contributed by atoms with Crippen LogP contribution in [0.4, 0.5) is 4.39 Å². The number of carbonyl (C=O) groups is 2. The van der Waals surface area contributed by atoms with E-state index in [1.807, 2.05) is 0 Å². The Balaban J connectivity index is 2.16. The lowest BCUT2D eigenvalue weighted by Gasteiger charge is -2.38. The molecule has 3 rings (SSSR count). The highest BCUT2D eigenvalue weighted by molar-refractivity contribution is 8.14. The van der Waals surface area contributed by atoms with E-state index in [-0.39, 0.29) is 18.1 Å². The van der Waals surface area contributed by atoms with Gasteiger partial charge >= 0.3 is 5.97 Å². The Morgan fingerprint density at radius 1 is 1.50 bits per heavy atom. The molecule has 0 N–H and O–H groups in total. The fourth-order valence-electron chi connectivity index (χ4n) is 2.86. The molecule has 2 aliphatic rings. The first kappa shape index (κ1) is 16.7. The number of amides is 1. The summed E-state index contributed by atoms with van der Waals surface area (Å²) in [6.07, 6.45) is 0.352. The van der Waals surface area contributed by atoms with E-state index < -0.39 is 17.8 Å². The van der Waals surface area contributed by atoms with Gasteiger partial charge in [-0.05, 0) is 31.5 Å². The maximum atomic E-state index is 13.7. The second kappa shape index (κ2) is 6.76. The standard InChI is InChI=1S/C17H17FN2O3S/c1-3-23-16(22)14-10(2)19-17-20(13(21)7-8-24-17)15(14)11-5-4-6-12(18)9-11/h4-6,9,15H,3,7-8H2,1-2H3. The molecule has 1 atom stereocenters. The third-order valence-electron chi connectivity index (χ3n) is 3.87. The summed E-state index contributed by atoms with van der Waals surface area (Å²) in [6.45, 7) is 3.64. The quantitative estimate of drug-likeness (QED) is 0.788. The van der Waals surface area contributed by atoms with E-state index in [4.69, 9.17) is 4.74 Å². The van der Waals surface area contributed by atoms with E-state index in [0.717, 1.165) is 0 Å². The number of esters is 1. The summed E-state index contributed by atoms with van der Waals surface area (Å²) in [7, 11) is 0. The third-order valence-corrected chi connectivity index (χ3v) is 4.82. The number of carbonyl (C=O) groups excluding carboxylic acids is 2. The highest BCUT2D eigenvalue weighted by Gasteiger charge is 2.41. The topological polar surface area (TPSA) is 59.0 Å². The van der Waals surface area contributed by atoms with Gasteiger partial charge in [0.1, 0.15) is 5.82 Å². The number of thioether (sulfide) groups is 1. The normalized spacial score (nSPS) is 20.6. The number of amidine groups is 1. The molecule has 1 unspecified atom stereocenters. The zero-order valence-electron chi connectivity index (χ0n) is 13.4. The second-order valence-corrected chi connectivity index (χ2v) is 6.50. The molecule has 0 radical (unpaired) electrons. The Kier molecular flexibility index (Phi) is 4.71. The van der Waals surface area contributed by atoms with Crippen LogP contribution in [0.3, 0.4) is 0 Å². The van der Waals surface area contributed by atoms with Crippen molar-refractivity contribution in [3.05, 3.63) is 46.9 Å². The van der Waals surface area contributed by atoms with Gasteiger partial charge in [-0.15, -0.1) is 0 Å². The van der Waals surface area contributed by atoms with Crippen LogP contribution in [0, 0.1) is 5.82 Å². The predicted molar refractivity (Wildman–Crippen MR) is 89.8 cm³/mol. The average Bonchev–Trinajstić information content (AvgIpc) is 2.54. The van der Waals surface area contributed by atoms with Gasteiger partial charge in [-0.25, -0.2) is 14.2 Å². The molecule has 0 saturated carbocycles. The van der Waals surface area contributed by atoms with Crippen LogP contribution in [0.1, 0.15) is 31.9 Å². The van der Waals surface area contributed by atoms with Gasteiger partial charge in [-0.2, -0.15) is 0 Å². The summed E-state index contributed by atoms with van der Waals surface area (Å²) in [4.78, 5) is 30.9. The molecule has 2 heterocycles. The van der Waals surface area contributed by atoms with Crippen LogP contribution in [-0.2, 0) is 14.3 Å². The van der Waals surface area contributed by atoms with Gasteiger partial charge in [-0.3, -0.25) is 9.69 Å². The van der Waals surface area contributed by atoms with Crippen molar-refractivity contribution < 1.29 is 18.7 Å². The number of hydrogen-bond acceptors (Lipinski definition) is 5. The SMILES string of the molecule is CCOC(=O)C1=C(C)N=C2SCCC(=O)N2C1c1cccc(F)c1. The fourth-order valence-corrected chi connectivity index (χ4v) is 3.87.